The van der Waals surface area contributed by atoms with Crippen LogP contribution in [0.4, 0.5) is 5.69 Å². The van der Waals surface area contributed by atoms with Crippen LogP contribution in [0.25, 0.3) is 0 Å². The van der Waals surface area contributed by atoms with E-state index in [1.54, 1.807) is 6.07 Å². The molecule has 1 saturated heterocycles. The van der Waals surface area contributed by atoms with Crippen molar-refractivity contribution in [2.75, 3.05) is 25.5 Å². The molecule has 0 radical (unpaired) electrons. The molecular weight excluding hydrogens is 388 g/mol. The van der Waals surface area contributed by atoms with E-state index < -0.39 is 10.0 Å². The topological polar surface area (TPSA) is 75.7 Å². The molecule has 1 amide bonds. The lowest BCUT2D eigenvalue weighted by Crippen LogP contribution is -2.35. The van der Waals surface area contributed by atoms with Crippen LogP contribution < -0.4 is 10.1 Å². The Morgan fingerprint density at radius 3 is 2.48 bits per heavy atom. The zero-order chi connectivity index (χ0) is 21.0. The molecule has 0 aromatic heterocycles. The third-order valence-corrected chi connectivity index (χ3v) is 7.15. The van der Waals surface area contributed by atoms with Crippen molar-refractivity contribution in [2.24, 2.45) is 0 Å². The Morgan fingerprint density at radius 2 is 1.79 bits per heavy atom. The Morgan fingerprint density at radius 1 is 1.07 bits per heavy atom. The molecule has 2 aromatic rings. The van der Waals surface area contributed by atoms with Crippen LogP contribution in [-0.4, -0.2) is 38.8 Å². The molecule has 0 unspecified atom stereocenters. The Balaban J connectivity index is 1.83. The second-order valence-electron chi connectivity index (χ2n) is 7.48. The standard InChI is InChI=1S/C22H28N2O4S/c1-16-7-8-17(2)18(13-16)14-22(25)23-20-15-19(9-10-21(20)28-3)29(26,27)24-11-5-4-6-12-24/h7-10,13,15H,4-6,11-12,14H2,1-3H3,(H,23,25). The van der Waals surface area contributed by atoms with E-state index in [0.29, 0.717) is 24.5 Å². The van der Waals surface area contributed by atoms with Crippen molar-refractivity contribution in [3.8, 4) is 5.75 Å². The molecule has 7 heteroatoms. The van der Waals surface area contributed by atoms with E-state index in [1.165, 1.54) is 23.5 Å². The summed E-state index contributed by atoms with van der Waals surface area (Å²) in [5.74, 6) is 0.210. The number of nitrogens with zero attached hydrogens (tertiary/aromatic N) is 1. The largest absolute Gasteiger partial charge is 0.495 e. The van der Waals surface area contributed by atoms with Gasteiger partial charge in [0, 0.05) is 13.1 Å². The van der Waals surface area contributed by atoms with E-state index in [1.807, 2.05) is 32.0 Å². The number of carbonyl (C=O) groups excluding carboxylic acids is 1. The third kappa shape index (κ3) is 4.97. The van der Waals surface area contributed by atoms with Crippen molar-refractivity contribution in [1.82, 2.24) is 4.31 Å². The molecule has 1 aliphatic rings. The summed E-state index contributed by atoms with van der Waals surface area (Å²) in [7, 11) is -2.10. The zero-order valence-electron chi connectivity index (χ0n) is 17.2. The van der Waals surface area contributed by atoms with Crippen molar-refractivity contribution in [3.63, 3.8) is 0 Å². The van der Waals surface area contributed by atoms with Gasteiger partial charge in [-0.05, 0) is 56.0 Å². The molecule has 156 valence electrons. The van der Waals surface area contributed by atoms with Crippen molar-refractivity contribution < 1.29 is 17.9 Å². The second-order valence-corrected chi connectivity index (χ2v) is 9.42. The summed E-state index contributed by atoms with van der Waals surface area (Å²) in [5, 5.41) is 2.83. The van der Waals surface area contributed by atoms with Crippen LogP contribution in [0.1, 0.15) is 36.0 Å². The van der Waals surface area contributed by atoms with Gasteiger partial charge >= 0.3 is 0 Å². The predicted octanol–water partition coefficient (Wildman–Crippen LogP) is 3.67. The van der Waals surface area contributed by atoms with Gasteiger partial charge in [-0.3, -0.25) is 4.79 Å². The normalized spacial score (nSPS) is 15.1. The van der Waals surface area contributed by atoms with E-state index in [0.717, 1.165) is 36.0 Å². The molecule has 0 atom stereocenters. The fourth-order valence-corrected chi connectivity index (χ4v) is 5.10. The molecule has 3 rings (SSSR count). The molecule has 2 aromatic carbocycles. The molecule has 0 bridgehead atoms. The second kappa shape index (κ2) is 8.97. The highest BCUT2D eigenvalue weighted by Gasteiger charge is 2.27. The van der Waals surface area contributed by atoms with Crippen LogP contribution in [0.5, 0.6) is 5.75 Å². The maximum atomic E-state index is 13.0. The first-order valence-electron chi connectivity index (χ1n) is 9.85. The summed E-state index contributed by atoms with van der Waals surface area (Å²) in [5.41, 5.74) is 3.43. The molecular formula is C22H28N2O4S. The fourth-order valence-electron chi connectivity index (χ4n) is 3.56. The zero-order valence-corrected chi connectivity index (χ0v) is 18.0. The maximum Gasteiger partial charge on any atom is 0.243 e. The lowest BCUT2D eigenvalue weighted by atomic mass is 10.0. The average Bonchev–Trinajstić information content (AvgIpc) is 2.71. The lowest BCUT2D eigenvalue weighted by molar-refractivity contribution is -0.115. The molecule has 1 fully saturated rings. The third-order valence-electron chi connectivity index (χ3n) is 5.25. The monoisotopic (exact) mass is 416 g/mol. The minimum Gasteiger partial charge on any atom is -0.495 e. The smallest absolute Gasteiger partial charge is 0.243 e. The number of ether oxygens (including phenoxy) is 1. The first-order chi connectivity index (χ1) is 13.8. The molecule has 29 heavy (non-hydrogen) atoms. The number of methoxy groups -OCH3 is 1. The van der Waals surface area contributed by atoms with Gasteiger partial charge in [-0.2, -0.15) is 4.31 Å². The van der Waals surface area contributed by atoms with E-state index in [9.17, 15) is 13.2 Å². The molecule has 0 saturated carbocycles. The molecule has 1 N–H and O–H groups in total. The molecule has 0 spiro atoms. The molecule has 1 aliphatic heterocycles. The number of hydrogen-bond donors (Lipinski definition) is 1. The molecule has 1 heterocycles. The van der Waals surface area contributed by atoms with Gasteiger partial charge in [-0.25, -0.2) is 8.42 Å². The quantitative estimate of drug-likeness (QED) is 0.780. The number of piperidine rings is 1. The SMILES string of the molecule is COc1ccc(S(=O)(=O)N2CCCCC2)cc1NC(=O)Cc1cc(C)ccc1C. The van der Waals surface area contributed by atoms with E-state index in [-0.39, 0.29) is 17.2 Å². The average molecular weight is 417 g/mol. The number of carbonyl (C=O) groups is 1. The van der Waals surface area contributed by atoms with Crippen molar-refractivity contribution in [1.29, 1.82) is 0 Å². The van der Waals surface area contributed by atoms with Gasteiger partial charge in [-0.1, -0.05) is 30.2 Å². The molecule has 6 nitrogen and oxygen atoms in total. The van der Waals surface area contributed by atoms with Crippen molar-refractivity contribution in [2.45, 2.75) is 44.4 Å². The van der Waals surface area contributed by atoms with Gasteiger partial charge in [0.05, 0.1) is 24.1 Å². The van der Waals surface area contributed by atoms with Crippen molar-refractivity contribution in [3.05, 3.63) is 53.1 Å². The van der Waals surface area contributed by atoms with Crippen molar-refractivity contribution >= 4 is 21.6 Å². The first-order valence-corrected chi connectivity index (χ1v) is 11.3. The Bertz CT molecular complexity index is 996. The number of amides is 1. The summed E-state index contributed by atoms with van der Waals surface area (Å²) < 4.78 is 32.8. The summed E-state index contributed by atoms with van der Waals surface area (Å²) in [6.45, 7) is 5.01. The summed E-state index contributed by atoms with van der Waals surface area (Å²) in [6, 6.07) is 10.6. The Labute approximate surface area is 172 Å². The Kier molecular flexibility index (Phi) is 6.59. The van der Waals surface area contributed by atoms with Crippen LogP contribution in [0, 0.1) is 13.8 Å². The van der Waals surface area contributed by atoms with E-state index in [2.05, 4.69) is 5.32 Å². The number of nitrogens with one attached hydrogen (secondary N) is 1. The highest BCUT2D eigenvalue weighted by molar-refractivity contribution is 7.89. The van der Waals surface area contributed by atoms with Crippen LogP contribution >= 0.6 is 0 Å². The lowest BCUT2D eigenvalue weighted by Gasteiger charge is -2.26. The number of rotatable bonds is 6. The Hall–Kier alpha value is -2.38. The first kappa shape index (κ1) is 21.3. The number of aryl methyl sites for hydroxylation is 2. The minimum absolute atomic E-state index is 0.169. The summed E-state index contributed by atoms with van der Waals surface area (Å²) in [4.78, 5) is 12.8. The van der Waals surface area contributed by atoms with Gasteiger partial charge < -0.3 is 10.1 Å². The van der Waals surface area contributed by atoms with E-state index in [4.69, 9.17) is 4.74 Å². The number of hydrogen-bond acceptors (Lipinski definition) is 4. The van der Waals surface area contributed by atoms with Gasteiger partial charge in [0.1, 0.15) is 5.75 Å². The fraction of sp³-hybridized carbons (Fsp3) is 0.409. The number of benzene rings is 2. The van der Waals surface area contributed by atoms with Gasteiger partial charge in [0.15, 0.2) is 0 Å². The highest BCUT2D eigenvalue weighted by Crippen LogP contribution is 2.30. The van der Waals surface area contributed by atoms with Gasteiger partial charge in [0.25, 0.3) is 0 Å². The van der Waals surface area contributed by atoms with Crippen LogP contribution in [0.2, 0.25) is 0 Å². The summed E-state index contributed by atoms with van der Waals surface area (Å²) in [6.07, 6.45) is 3.00. The van der Waals surface area contributed by atoms with Crippen LogP contribution in [0.3, 0.4) is 0 Å². The minimum atomic E-state index is -3.59. The highest BCUT2D eigenvalue weighted by atomic mass is 32.2. The summed E-state index contributed by atoms with van der Waals surface area (Å²) >= 11 is 0. The predicted molar refractivity (Wildman–Crippen MR) is 114 cm³/mol. The van der Waals surface area contributed by atoms with E-state index >= 15 is 0 Å². The molecule has 0 aliphatic carbocycles. The maximum absolute atomic E-state index is 13.0. The van der Waals surface area contributed by atoms with Gasteiger partial charge in [0.2, 0.25) is 15.9 Å². The van der Waals surface area contributed by atoms with Gasteiger partial charge in [-0.15, -0.1) is 0 Å². The number of sulfonamides is 1. The number of anilines is 1. The van der Waals surface area contributed by atoms with Crippen LogP contribution in [-0.2, 0) is 21.2 Å². The van der Waals surface area contributed by atoms with Crippen LogP contribution in [0.15, 0.2) is 41.3 Å².